The van der Waals surface area contributed by atoms with Gasteiger partial charge in [-0.15, -0.1) is 0 Å². The fraction of sp³-hybridized carbons (Fsp3) is 0.286. The molecule has 0 rings (SSSR count). The first-order valence-corrected chi connectivity index (χ1v) is 2.81. The quantitative estimate of drug-likeness (QED) is 0.341. The standard InChI is InChI=1S/C7H9FO2/c1-3-4-5-10-7(9)6(2)8/h3-4H,2,5H2,1H3. The molecule has 0 aliphatic rings. The van der Waals surface area contributed by atoms with E-state index in [0.29, 0.717) is 0 Å². The van der Waals surface area contributed by atoms with Crippen LogP contribution in [0.4, 0.5) is 4.39 Å². The number of halogens is 1. The first-order valence-electron chi connectivity index (χ1n) is 2.81. The van der Waals surface area contributed by atoms with Crippen molar-refractivity contribution in [1.82, 2.24) is 0 Å². The summed E-state index contributed by atoms with van der Waals surface area (Å²) in [4.78, 5) is 10.3. The van der Waals surface area contributed by atoms with E-state index < -0.39 is 11.8 Å². The first-order chi connectivity index (χ1) is 4.68. The maximum absolute atomic E-state index is 11.8. The SMILES string of the molecule is C=C(F)C(=O)OCC=CC. The summed E-state index contributed by atoms with van der Waals surface area (Å²) >= 11 is 0. The van der Waals surface area contributed by atoms with Gasteiger partial charge in [-0.1, -0.05) is 18.7 Å². The normalized spacial score (nSPS) is 9.80. The van der Waals surface area contributed by atoms with Crippen molar-refractivity contribution >= 4 is 5.97 Å². The first kappa shape index (κ1) is 8.88. The van der Waals surface area contributed by atoms with Gasteiger partial charge in [0.05, 0.1) is 0 Å². The molecule has 56 valence electrons. The maximum atomic E-state index is 11.8. The van der Waals surface area contributed by atoms with Crippen molar-refractivity contribution in [1.29, 1.82) is 0 Å². The number of rotatable bonds is 3. The molecule has 0 aliphatic heterocycles. The predicted molar refractivity (Wildman–Crippen MR) is 36.0 cm³/mol. The largest absolute Gasteiger partial charge is 0.456 e. The lowest BCUT2D eigenvalue weighted by molar-refractivity contribution is -0.139. The van der Waals surface area contributed by atoms with E-state index in [1.165, 1.54) is 0 Å². The number of hydrogen-bond donors (Lipinski definition) is 0. The van der Waals surface area contributed by atoms with Crippen LogP contribution in [0.25, 0.3) is 0 Å². The lowest BCUT2D eigenvalue weighted by Crippen LogP contribution is -2.03. The molecule has 3 heteroatoms. The van der Waals surface area contributed by atoms with Gasteiger partial charge in [-0.05, 0) is 6.92 Å². The minimum atomic E-state index is -1.07. The number of esters is 1. The zero-order valence-corrected chi connectivity index (χ0v) is 5.76. The van der Waals surface area contributed by atoms with Crippen molar-refractivity contribution in [3.05, 3.63) is 24.6 Å². The molecule has 0 N–H and O–H groups in total. The van der Waals surface area contributed by atoms with Crippen LogP contribution in [0.1, 0.15) is 6.92 Å². The second-order valence-corrected chi connectivity index (χ2v) is 1.57. The van der Waals surface area contributed by atoms with E-state index in [0.717, 1.165) is 0 Å². The van der Waals surface area contributed by atoms with Gasteiger partial charge in [0.1, 0.15) is 6.61 Å². The molecule has 0 aliphatic carbocycles. The number of carbonyl (C=O) groups excluding carboxylic acids is 1. The highest BCUT2D eigenvalue weighted by Gasteiger charge is 2.04. The second kappa shape index (κ2) is 4.73. The molecule has 0 radical (unpaired) electrons. The Morgan fingerprint density at radius 1 is 1.80 bits per heavy atom. The molecule has 0 fully saturated rings. The van der Waals surface area contributed by atoms with E-state index in [9.17, 15) is 9.18 Å². The molecule has 10 heavy (non-hydrogen) atoms. The Kier molecular flexibility index (Phi) is 4.20. The van der Waals surface area contributed by atoms with E-state index in [1.807, 2.05) is 0 Å². The fourth-order valence-corrected chi connectivity index (χ4v) is 0.298. The van der Waals surface area contributed by atoms with Crippen LogP contribution >= 0.6 is 0 Å². The molecule has 0 unspecified atom stereocenters. The predicted octanol–water partition coefficient (Wildman–Crippen LogP) is 1.59. The van der Waals surface area contributed by atoms with Crippen LogP contribution in [0.15, 0.2) is 24.6 Å². The van der Waals surface area contributed by atoms with Crippen LogP contribution in [0, 0.1) is 0 Å². The second-order valence-electron chi connectivity index (χ2n) is 1.57. The van der Waals surface area contributed by atoms with Gasteiger partial charge in [-0.25, -0.2) is 4.79 Å². The smallest absolute Gasteiger partial charge is 0.366 e. The molecule has 0 aromatic rings. The summed E-state index contributed by atoms with van der Waals surface area (Å²) in [7, 11) is 0. The van der Waals surface area contributed by atoms with Crippen molar-refractivity contribution in [2.75, 3.05) is 6.61 Å². The van der Waals surface area contributed by atoms with E-state index in [-0.39, 0.29) is 6.61 Å². The monoisotopic (exact) mass is 144 g/mol. The third kappa shape index (κ3) is 3.83. The van der Waals surface area contributed by atoms with Gasteiger partial charge in [-0.2, -0.15) is 4.39 Å². The molecule has 0 aromatic carbocycles. The van der Waals surface area contributed by atoms with Gasteiger partial charge in [-0.3, -0.25) is 0 Å². The van der Waals surface area contributed by atoms with Crippen LogP contribution in [0.2, 0.25) is 0 Å². The van der Waals surface area contributed by atoms with Crippen LogP contribution < -0.4 is 0 Å². The summed E-state index contributed by atoms with van der Waals surface area (Å²) in [6, 6.07) is 0. The summed E-state index contributed by atoms with van der Waals surface area (Å²) in [5, 5.41) is 0. The molecule has 0 atom stereocenters. The minimum absolute atomic E-state index is 0.0955. The van der Waals surface area contributed by atoms with E-state index in [1.54, 1.807) is 19.1 Å². The summed E-state index contributed by atoms with van der Waals surface area (Å²) < 4.78 is 16.2. The molecular weight excluding hydrogens is 135 g/mol. The molecule has 2 nitrogen and oxygen atoms in total. The third-order valence-corrected chi connectivity index (χ3v) is 0.768. The van der Waals surface area contributed by atoms with Crippen molar-refractivity contribution in [2.45, 2.75) is 6.92 Å². The maximum Gasteiger partial charge on any atom is 0.366 e. The highest BCUT2D eigenvalue weighted by molar-refractivity contribution is 5.85. The Morgan fingerprint density at radius 3 is 2.80 bits per heavy atom. The molecular formula is C7H9FO2. The van der Waals surface area contributed by atoms with Crippen LogP contribution in [0.3, 0.4) is 0 Å². The van der Waals surface area contributed by atoms with Crippen molar-refractivity contribution in [3.8, 4) is 0 Å². The van der Waals surface area contributed by atoms with Crippen LogP contribution in [-0.4, -0.2) is 12.6 Å². The summed E-state index contributed by atoms with van der Waals surface area (Å²) in [5.41, 5.74) is 0. The van der Waals surface area contributed by atoms with Gasteiger partial charge in [0, 0.05) is 0 Å². The molecule has 0 spiro atoms. The van der Waals surface area contributed by atoms with Gasteiger partial charge in [0.25, 0.3) is 0 Å². The molecule has 0 saturated heterocycles. The van der Waals surface area contributed by atoms with Crippen molar-refractivity contribution < 1.29 is 13.9 Å². The number of allylic oxidation sites excluding steroid dienone is 1. The Morgan fingerprint density at radius 2 is 2.40 bits per heavy atom. The Bertz CT molecular complexity index is 161. The topological polar surface area (TPSA) is 26.3 Å². The average molecular weight is 144 g/mol. The molecule has 0 heterocycles. The third-order valence-electron chi connectivity index (χ3n) is 0.768. The van der Waals surface area contributed by atoms with Crippen molar-refractivity contribution in [3.63, 3.8) is 0 Å². The number of hydrogen-bond acceptors (Lipinski definition) is 2. The number of carbonyl (C=O) groups is 1. The fourth-order valence-electron chi connectivity index (χ4n) is 0.298. The van der Waals surface area contributed by atoms with E-state index >= 15 is 0 Å². The Labute approximate surface area is 59.0 Å². The zero-order chi connectivity index (χ0) is 7.98. The molecule has 0 bridgehead atoms. The Balaban J connectivity index is 3.50. The Hall–Kier alpha value is -1.12. The van der Waals surface area contributed by atoms with Gasteiger partial charge in [0.2, 0.25) is 5.83 Å². The van der Waals surface area contributed by atoms with Gasteiger partial charge in [0.15, 0.2) is 0 Å². The van der Waals surface area contributed by atoms with Gasteiger partial charge < -0.3 is 4.74 Å². The summed E-state index contributed by atoms with van der Waals surface area (Å²) in [5.74, 6) is -2.07. The van der Waals surface area contributed by atoms with Crippen molar-refractivity contribution in [2.24, 2.45) is 0 Å². The van der Waals surface area contributed by atoms with E-state index in [2.05, 4.69) is 11.3 Å². The van der Waals surface area contributed by atoms with Crippen LogP contribution in [-0.2, 0) is 9.53 Å². The highest BCUT2D eigenvalue weighted by Crippen LogP contribution is 1.94. The highest BCUT2D eigenvalue weighted by atomic mass is 19.1. The minimum Gasteiger partial charge on any atom is -0.456 e. The molecule has 0 saturated carbocycles. The average Bonchev–Trinajstić information content (AvgIpc) is 1.88. The van der Waals surface area contributed by atoms with Crippen LogP contribution in [0.5, 0.6) is 0 Å². The molecule has 0 amide bonds. The summed E-state index contributed by atoms with van der Waals surface area (Å²) in [6.45, 7) is 4.64. The van der Waals surface area contributed by atoms with Gasteiger partial charge >= 0.3 is 5.97 Å². The van der Waals surface area contributed by atoms with E-state index in [4.69, 9.17) is 0 Å². The zero-order valence-electron chi connectivity index (χ0n) is 5.76. The molecule has 0 aromatic heterocycles. The lowest BCUT2D eigenvalue weighted by atomic mass is 10.5. The number of ether oxygens (including phenoxy) is 1. The lowest BCUT2D eigenvalue weighted by Gasteiger charge is -1.95. The summed E-state index contributed by atoms with van der Waals surface area (Å²) in [6.07, 6.45) is 3.30.